The second-order valence-electron chi connectivity index (χ2n) is 24.5. The molecule has 0 aliphatic rings. The highest BCUT2D eigenvalue weighted by molar-refractivity contribution is 5.71. The van der Waals surface area contributed by atoms with E-state index in [1.165, 1.54) is 315 Å². The SMILES string of the molecule is CCCCCCCCCC/C=C\CCCCCCCCCCCCCCCCCCCC(=O)OCC(COC(=O)CCCCCCCCCC)OC(=O)CCCCCCCCCCCCCCCCCCCCCCCCC. The van der Waals surface area contributed by atoms with Gasteiger partial charge in [0.1, 0.15) is 13.2 Å². The molecule has 0 rings (SSSR count). The maximum absolute atomic E-state index is 12.9. The van der Waals surface area contributed by atoms with E-state index in [2.05, 4.69) is 32.9 Å². The number of unbranched alkanes of at least 4 members (excludes halogenated alkanes) is 54. The molecule has 0 spiro atoms. The third kappa shape index (κ3) is 65.0. The number of hydrogen-bond acceptors (Lipinski definition) is 6. The van der Waals surface area contributed by atoms with Gasteiger partial charge in [-0.15, -0.1) is 0 Å². The fraction of sp³-hybridized carbons (Fsp3) is 0.931. The highest BCUT2D eigenvalue weighted by atomic mass is 16.6. The van der Waals surface area contributed by atoms with Gasteiger partial charge in [-0.2, -0.15) is 0 Å². The Kier molecular flexibility index (Phi) is 66.0. The molecule has 6 heteroatoms. The molecule has 0 radical (unpaired) electrons. The van der Waals surface area contributed by atoms with E-state index in [9.17, 15) is 14.4 Å². The summed E-state index contributed by atoms with van der Waals surface area (Å²) >= 11 is 0. The quantitative estimate of drug-likeness (QED) is 0.0261. The van der Waals surface area contributed by atoms with Gasteiger partial charge < -0.3 is 14.2 Å². The summed E-state index contributed by atoms with van der Waals surface area (Å²) in [4.78, 5) is 38.2. The molecule has 0 amide bonds. The zero-order chi connectivity index (χ0) is 56.4. The lowest BCUT2D eigenvalue weighted by molar-refractivity contribution is -0.167. The van der Waals surface area contributed by atoms with Crippen LogP contribution in [0, 0.1) is 0 Å². The first-order chi connectivity index (χ1) is 38.5. The summed E-state index contributed by atoms with van der Waals surface area (Å²) in [6.07, 6.45) is 81.3. The van der Waals surface area contributed by atoms with Gasteiger partial charge in [0.25, 0.3) is 0 Å². The van der Waals surface area contributed by atoms with E-state index < -0.39 is 6.10 Å². The summed E-state index contributed by atoms with van der Waals surface area (Å²) in [6, 6.07) is 0. The monoisotopic (exact) mass is 1100 g/mol. The van der Waals surface area contributed by atoms with Crippen LogP contribution in [0.15, 0.2) is 12.2 Å². The van der Waals surface area contributed by atoms with Crippen LogP contribution in [0.1, 0.15) is 412 Å². The molecular formula is C72H138O6. The van der Waals surface area contributed by atoms with Gasteiger partial charge in [-0.3, -0.25) is 14.4 Å². The number of allylic oxidation sites excluding steroid dienone is 2. The second kappa shape index (κ2) is 67.7. The van der Waals surface area contributed by atoms with E-state index in [0.717, 1.165) is 57.8 Å². The Bertz CT molecular complexity index is 1210. The van der Waals surface area contributed by atoms with Crippen LogP contribution in [-0.4, -0.2) is 37.2 Å². The van der Waals surface area contributed by atoms with Gasteiger partial charge >= 0.3 is 17.9 Å². The molecule has 0 saturated heterocycles. The maximum atomic E-state index is 12.9. The van der Waals surface area contributed by atoms with Crippen LogP contribution >= 0.6 is 0 Å². The molecule has 0 bridgehead atoms. The zero-order valence-corrected chi connectivity index (χ0v) is 53.2. The van der Waals surface area contributed by atoms with Crippen LogP contribution in [0.3, 0.4) is 0 Å². The van der Waals surface area contributed by atoms with Gasteiger partial charge in [0.05, 0.1) is 0 Å². The van der Waals surface area contributed by atoms with Crippen molar-refractivity contribution in [2.24, 2.45) is 0 Å². The Labute approximate surface area is 488 Å². The predicted octanol–water partition coefficient (Wildman–Crippen LogP) is 24.4. The standard InChI is InChI=1S/C72H138O6/c1-4-7-10-13-16-19-21-23-25-27-29-31-33-34-35-36-37-38-40-41-43-45-47-49-51-53-56-59-62-65-71(74)77-68-69(67-76-70(73)64-61-58-55-18-15-12-9-6-3)78-72(75)66-63-60-57-54-52-50-48-46-44-42-39-32-30-28-26-24-22-20-17-14-11-8-5-2/h27,29,69H,4-26,28,30-68H2,1-3H3/b29-27-. The van der Waals surface area contributed by atoms with Crippen molar-refractivity contribution in [1.82, 2.24) is 0 Å². The first kappa shape index (κ1) is 76.1. The summed E-state index contributed by atoms with van der Waals surface area (Å²) in [5, 5.41) is 0. The lowest BCUT2D eigenvalue weighted by Crippen LogP contribution is -2.30. The van der Waals surface area contributed by atoms with Crippen LogP contribution in [0.4, 0.5) is 0 Å². The molecule has 1 atom stereocenters. The van der Waals surface area contributed by atoms with Gasteiger partial charge in [0, 0.05) is 19.3 Å². The molecule has 6 nitrogen and oxygen atoms in total. The third-order valence-corrected chi connectivity index (χ3v) is 16.5. The van der Waals surface area contributed by atoms with Crippen molar-refractivity contribution in [3.8, 4) is 0 Å². The molecule has 0 aromatic heterocycles. The highest BCUT2D eigenvalue weighted by Crippen LogP contribution is 2.19. The molecule has 0 heterocycles. The molecule has 1 unspecified atom stereocenters. The van der Waals surface area contributed by atoms with Crippen LogP contribution in [0.25, 0.3) is 0 Å². The van der Waals surface area contributed by atoms with Gasteiger partial charge in [-0.25, -0.2) is 0 Å². The number of carbonyl (C=O) groups excluding carboxylic acids is 3. The molecule has 0 aromatic rings. The molecule has 0 fully saturated rings. The fourth-order valence-corrected chi connectivity index (χ4v) is 11.2. The second-order valence-corrected chi connectivity index (χ2v) is 24.5. The van der Waals surface area contributed by atoms with Crippen molar-refractivity contribution in [3.05, 3.63) is 12.2 Å². The lowest BCUT2D eigenvalue weighted by Gasteiger charge is -2.18. The van der Waals surface area contributed by atoms with Gasteiger partial charge in [0.2, 0.25) is 0 Å². The topological polar surface area (TPSA) is 78.9 Å². The van der Waals surface area contributed by atoms with Crippen molar-refractivity contribution >= 4 is 17.9 Å². The molecule has 462 valence electrons. The molecule has 0 aliphatic heterocycles. The number of esters is 3. The summed E-state index contributed by atoms with van der Waals surface area (Å²) in [5.74, 6) is -0.834. The van der Waals surface area contributed by atoms with E-state index >= 15 is 0 Å². The summed E-state index contributed by atoms with van der Waals surface area (Å²) in [7, 11) is 0. The Hall–Kier alpha value is -1.85. The summed E-state index contributed by atoms with van der Waals surface area (Å²) < 4.78 is 16.9. The van der Waals surface area contributed by atoms with Crippen LogP contribution < -0.4 is 0 Å². The molecule has 0 N–H and O–H groups in total. The van der Waals surface area contributed by atoms with E-state index in [1.54, 1.807) is 0 Å². The predicted molar refractivity (Wildman–Crippen MR) is 340 cm³/mol. The number of carbonyl (C=O) groups is 3. The van der Waals surface area contributed by atoms with Gasteiger partial charge in [0.15, 0.2) is 6.10 Å². The van der Waals surface area contributed by atoms with Crippen molar-refractivity contribution in [2.75, 3.05) is 13.2 Å². The van der Waals surface area contributed by atoms with E-state index in [4.69, 9.17) is 14.2 Å². The summed E-state index contributed by atoms with van der Waals surface area (Å²) in [5.41, 5.74) is 0. The van der Waals surface area contributed by atoms with Crippen LogP contribution in [0.5, 0.6) is 0 Å². The Balaban J connectivity index is 4.03. The van der Waals surface area contributed by atoms with Crippen molar-refractivity contribution < 1.29 is 28.6 Å². The largest absolute Gasteiger partial charge is 0.462 e. The van der Waals surface area contributed by atoms with Crippen molar-refractivity contribution in [3.63, 3.8) is 0 Å². The Morgan fingerprint density at radius 2 is 0.423 bits per heavy atom. The van der Waals surface area contributed by atoms with Crippen LogP contribution in [-0.2, 0) is 28.6 Å². The fourth-order valence-electron chi connectivity index (χ4n) is 11.2. The van der Waals surface area contributed by atoms with E-state index in [0.29, 0.717) is 19.3 Å². The highest BCUT2D eigenvalue weighted by Gasteiger charge is 2.19. The molecular weight excluding hydrogens is 961 g/mol. The minimum Gasteiger partial charge on any atom is -0.462 e. The van der Waals surface area contributed by atoms with Gasteiger partial charge in [-0.05, 0) is 44.9 Å². The van der Waals surface area contributed by atoms with Crippen molar-refractivity contribution in [2.45, 2.75) is 419 Å². The van der Waals surface area contributed by atoms with E-state index in [-0.39, 0.29) is 31.1 Å². The smallest absolute Gasteiger partial charge is 0.306 e. The first-order valence-corrected chi connectivity index (χ1v) is 35.7. The molecule has 0 saturated carbocycles. The average Bonchev–Trinajstić information content (AvgIpc) is 3.44. The Morgan fingerprint density at radius 3 is 0.641 bits per heavy atom. The van der Waals surface area contributed by atoms with Crippen molar-refractivity contribution in [1.29, 1.82) is 0 Å². The molecule has 0 aromatic carbocycles. The zero-order valence-electron chi connectivity index (χ0n) is 53.2. The molecule has 0 aliphatic carbocycles. The number of rotatable bonds is 67. The number of ether oxygens (including phenoxy) is 3. The van der Waals surface area contributed by atoms with Gasteiger partial charge in [-0.1, -0.05) is 360 Å². The summed E-state index contributed by atoms with van der Waals surface area (Å²) in [6.45, 7) is 6.70. The minimum absolute atomic E-state index is 0.0627. The normalized spacial score (nSPS) is 12.0. The Morgan fingerprint density at radius 1 is 0.244 bits per heavy atom. The first-order valence-electron chi connectivity index (χ1n) is 35.7. The maximum Gasteiger partial charge on any atom is 0.306 e. The van der Waals surface area contributed by atoms with E-state index in [1.807, 2.05) is 0 Å². The third-order valence-electron chi connectivity index (χ3n) is 16.5. The average molecular weight is 1100 g/mol. The number of hydrogen-bond donors (Lipinski definition) is 0. The lowest BCUT2D eigenvalue weighted by atomic mass is 10.0. The van der Waals surface area contributed by atoms with Crippen LogP contribution in [0.2, 0.25) is 0 Å². The minimum atomic E-state index is -0.764. The molecule has 78 heavy (non-hydrogen) atoms.